The van der Waals surface area contributed by atoms with Gasteiger partial charge in [-0.3, -0.25) is 23.7 Å². The molecule has 0 bridgehead atoms. The molecule has 1 saturated heterocycles. The molecule has 0 spiro atoms. The lowest BCUT2D eigenvalue weighted by molar-refractivity contribution is -0.131. The molecule has 0 radical (unpaired) electrons. The molecular weight excluding hydrogens is 664 g/mol. The number of ether oxygens (including phenoxy) is 2. The Labute approximate surface area is 301 Å². The molecule has 4 heterocycles. The fourth-order valence-corrected chi connectivity index (χ4v) is 6.92. The summed E-state index contributed by atoms with van der Waals surface area (Å²) in [5, 5.41) is 6.63. The molecule has 1 saturated carbocycles. The van der Waals surface area contributed by atoms with Crippen LogP contribution < -0.4 is 30.6 Å². The first-order chi connectivity index (χ1) is 25.2. The lowest BCUT2D eigenvalue weighted by Crippen LogP contribution is -2.49. The van der Waals surface area contributed by atoms with Crippen molar-refractivity contribution in [1.82, 2.24) is 29.7 Å². The van der Waals surface area contributed by atoms with Crippen molar-refractivity contribution in [1.29, 1.82) is 0 Å². The van der Waals surface area contributed by atoms with Crippen LogP contribution in [0.15, 0.2) is 53.6 Å². The monoisotopic (exact) mass is 708 g/mol. The molecule has 0 unspecified atom stereocenters. The molecule has 1 aromatic carbocycles. The number of anilines is 3. The minimum absolute atomic E-state index is 0.00461. The quantitative estimate of drug-likeness (QED) is 0.158. The molecule has 1 aliphatic carbocycles. The zero-order valence-corrected chi connectivity index (χ0v) is 30.0. The molecule has 272 valence electrons. The molecule has 2 amide bonds. The van der Waals surface area contributed by atoms with E-state index in [2.05, 4.69) is 25.5 Å². The van der Waals surface area contributed by atoms with Gasteiger partial charge < -0.3 is 29.9 Å². The minimum Gasteiger partial charge on any atom is -0.493 e. The summed E-state index contributed by atoms with van der Waals surface area (Å²) in [6.45, 7) is 5.85. The SMILES string of the molecule is COc1ccc(/C=C/C(=O)NCCC(=O)N2CCN(c3ccc(Nc4ncc5c(C)c(C(C)=O)c(=O)n(C6CCCC6)c5n4)nc3)CC2)cc1OC. The number of fused-ring (bicyclic) bond motifs is 1. The summed E-state index contributed by atoms with van der Waals surface area (Å²) in [6.07, 6.45) is 10.5. The highest BCUT2D eigenvalue weighted by molar-refractivity contribution is 5.99. The number of nitrogens with zero attached hydrogens (tertiary/aromatic N) is 6. The summed E-state index contributed by atoms with van der Waals surface area (Å²) in [5.41, 5.74) is 2.74. The maximum atomic E-state index is 13.5. The number of carbonyl (C=O) groups excluding carboxylic acids is 3. The number of nitrogens with one attached hydrogen (secondary N) is 2. The van der Waals surface area contributed by atoms with E-state index in [1.807, 2.05) is 23.1 Å². The van der Waals surface area contributed by atoms with Gasteiger partial charge in [-0.2, -0.15) is 4.98 Å². The number of carbonyl (C=O) groups is 3. The van der Waals surface area contributed by atoms with E-state index in [9.17, 15) is 19.2 Å². The Bertz CT molecular complexity index is 2050. The molecule has 4 aromatic rings. The summed E-state index contributed by atoms with van der Waals surface area (Å²) in [6, 6.07) is 9.16. The van der Waals surface area contributed by atoms with Crippen molar-refractivity contribution >= 4 is 52.2 Å². The third kappa shape index (κ3) is 7.90. The van der Waals surface area contributed by atoms with E-state index in [1.54, 1.807) is 56.3 Å². The summed E-state index contributed by atoms with van der Waals surface area (Å²) >= 11 is 0. The number of methoxy groups -OCH3 is 2. The zero-order chi connectivity index (χ0) is 36.8. The minimum atomic E-state index is -0.291. The van der Waals surface area contributed by atoms with Crippen molar-refractivity contribution in [2.45, 2.75) is 52.0 Å². The van der Waals surface area contributed by atoms with Crippen molar-refractivity contribution in [3.05, 3.63) is 75.8 Å². The molecule has 1 aliphatic heterocycles. The lowest BCUT2D eigenvalue weighted by atomic mass is 10.0. The van der Waals surface area contributed by atoms with Gasteiger partial charge in [-0.15, -0.1) is 0 Å². The van der Waals surface area contributed by atoms with E-state index < -0.39 is 0 Å². The largest absolute Gasteiger partial charge is 0.493 e. The van der Waals surface area contributed by atoms with Gasteiger partial charge in [0.1, 0.15) is 11.5 Å². The van der Waals surface area contributed by atoms with E-state index in [4.69, 9.17) is 14.5 Å². The normalized spacial score (nSPS) is 14.9. The Morgan fingerprint density at radius 1 is 0.962 bits per heavy atom. The first kappa shape index (κ1) is 36.0. The number of Topliss-reactive ketones (excluding diaryl/α,β-unsaturated/α-hetero) is 1. The Balaban J connectivity index is 1.01. The first-order valence-corrected chi connectivity index (χ1v) is 17.5. The van der Waals surface area contributed by atoms with E-state index in [0.29, 0.717) is 66.0 Å². The summed E-state index contributed by atoms with van der Waals surface area (Å²) in [7, 11) is 3.12. The highest BCUT2D eigenvalue weighted by Gasteiger charge is 2.26. The zero-order valence-electron chi connectivity index (χ0n) is 30.0. The van der Waals surface area contributed by atoms with Crippen molar-refractivity contribution in [2.24, 2.45) is 0 Å². The van der Waals surface area contributed by atoms with Crippen molar-refractivity contribution in [3.63, 3.8) is 0 Å². The number of rotatable bonds is 12. The van der Waals surface area contributed by atoms with Crippen LogP contribution in [0.5, 0.6) is 11.5 Å². The molecule has 14 heteroatoms. The van der Waals surface area contributed by atoms with Crippen LogP contribution in [-0.4, -0.2) is 89.0 Å². The van der Waals surface area contributed by atoms with Crippen LogP contribution in [0.1, 0.15) is 66.6 Å². The third-order valence-corrected chi connectivity index (χ3v) is 9.71. The first-order valence-electron chi connectivity index (χ1n) is 17.5. The van der Waals surface area contributed by atoms with Crippen LogP contribution in [-0.2, 0) is 9.59 Å². The molecular formula is C38H44N8O6. The average Bonchev–Trinajstić information content (AvgIpc) is 3.68. The van der Waals surface area contributed by atoms with Gasteiger partial charge >= 0.3 is 0 Å². The number of benzene rings is 1. The Morgan fingerprint density at radius 2 is 1.71 bits per heavy atom. The van der Waals surface area contributed by atoms with E-state index >= 15 is 0 Å². The second-order valence-corrected chi connectivity index (χ2v) is 13.0. The van der Waals surface area contributed by atoms with E-state index in [-0.39, 0.29) is 47.7 Å². The molecule has 0 atom stereocenters. The third-order valence-electron chi connectivity index (χ3n) is 9.71. The van der Waals surface area contributed by atoms with Crippen LogP contribution >= 0.6 is 0 Å². The predicted octanol–water partition coefficient (Wildman–Crippen LogP) is 4.44. The predicted molar refractivity (Wildman–Crippen MR) is 199 cm³/mol. The summed E-state index contributed by atoms with van der Waals surface area (Å²) in [5.74, 6) is 1.49. The van der Waals surface area contributed by atoms with Gasteiger partial charge in [-0.05, 0) is 68.2 Å². The van der Waals surface area contributed by atoms with Gasteiger partial charge in [-0.25, -0.2) is 9.97 Å². The average molecular weight is 709 g/mol. The van der Waals surface area contributed by atoms with Crippen molar-refractivity contribution < 1.29 is 23.9 Å². The highest BCUT2D eigenvalue weighted by atomic mass is 16.5. The van der Waals surface area contributed by atoms with Crippen molar-refractivity contribution in [3.8, 4) is 11.5 Å². The van der Waals surface area contributed by atoms with Gasteiger partial charge in [0.25, 0.3) is 5.56 Å². The number of pyridine rings is 2. The Hall–Kier alpha value is -5.79. The molecule has 14 nitrogen and oxygen atoms in total. The fourth-order valence-electron chi connectivity index (χ4n) is 6.92. The number of aromatic nitrogens is 4. The molecule has 3 aromatic heterocycles. The van der Waals surface area contributed by atoms with Gasteiger partial charge in [0, 0.05) is 62.8 Å². The van der Waals surface area contributed by atoms with Gasteiger partial charge in [-0.1, -0.05) is 18.9 Å². The molecule has 6 rings (SSSR count). The topological polar surface area (TPSA) is 161 Å². The molecule has 2 aliphatic rings. The second-order valence-electron chi connectivity index (χ2n) is 13.0. The number of hydrogen-bond donors (Lipinski definition) is 2. The molecule has 52 heavy (non-hydrogen) atoms. The number of hydrogen-bond acceptors (Lipinski definition) is 11. The van der Waals surface area contributed by atoms with E-state index in [1.165, 1.54) is 13.0 Å². The van der Waals surface area contributed by atoms with Gasteiger partial charge in [0.2, 0.25) is 17.8 Å². The van der Waals surface area contributed by atoms with Crippen LogP contribution in [0, 0.1) is 6.92 Å². The van der Waals surface area contributed by atoms with Crippen LogP contribution in [0.4, 0.5) is 17.5 Å². The fraction of sp³-hybridized carbons (Fsp3) is 0.395. The van der Waals surface area contributed by atoms with Crippen molar-refractivity contribution in [2.75, 3.05) is 57.2 Å². The Morgan fingerprint density at radius 3 is 2.38 bits per heavy atom. The van der Waals surface area contributed by atoms with Gasteiger partial charge in [0.05, 0.1) is 31.7 Å². The summed E-state index contributed by atoms with van der Waals surface area (Å²) < 4.78 is 12.2. The number of aryl methyl sites for hydroxylation is 1. The second kappa shape index (κ2) is 16.0. The lowest BCUT2D eigenvalue weighted by Gasteiger charge is -2.36. The van der Waals surface area contributed by atoms with Crippen LogP contribution in [0.2, 0.25) is 0 Å². The maximum Gasteiger partial charge on any atom is 0.263 e. The highest BCUT2D eigenvalue weighted by Crippen LogP contribution is 2.32. The van der Waals surface area contributed by atoms with Crippen LogP contribution in [0.3, 0.4) is 0 Å². The van der Waals surface area contributed by atoms with Crippen LogP contribution in [0.25, 0.3) is 17.1 Å². The smallest absolute Gasteiger partial charge is 0.263 e. The number of amides is 2. The van der Waals surface area contributed by atoms with Gasteiger partial charge in [0.15, 0.2) is 17.3 Å². The number of ketones is 1. The Kier molecular flexibility index (Phi) is 11.1. The van der Waals surface area contributed by atoms with E-state index in [0.717, 1.165) is 36.9 Å². The standard InChI is InChI=1S/C38H44N8O6/c1-24-29-23-41-38(43-36(29)46(27-7-5-6-8-27)37(50)35(24)25(2)47)42-32-13-11-28(22-40-32)44-17-19-45(20-18-44)34(49)15-16-39-33(48)14-10-26-9-12-30(51-3)31(21-26)52-4/h9-14,21-23,27H,5-8,15-20H2,1-4H3,(H,39,48)(H,40,41,42,43)/b14-10+. The molecule has 2 N–H and O–H groups in total. The number of piperazine rings is 1. The summed E-state index contributed by atoms with van der Waals surface area (Å²) in [4.78, 5) is 68.9. The maximum absolute atomic E-state index is 13.5. The molecule has 2 fully saturated rings.